The Balaban J connectivity index is 0.00000264. The molecule has 1 fully saturated rings. The minimum Gasteiger partial charge on any atom is -0.378 e. The van der Waals surface area contributed by atoms with Gasteiger partial charge in [-0.15, -0.1) is 12.4 Å². The van der Waals surface area contributed by atoms with Crippen LogP contribution in [0.4, 0.5) is 0 Å². The summed E-state index contributed by atoms with van der Waals surface area (Å²) in [6, 6.07) is 9.79. The highest BCUT2D eigenvalue weighted by Gasteiger charge is 2.17. The number of halogens is 1. The molecule has 128 valence electrons. The lowest BCUT2D eigenvalue weighted by Gasteiger charge is -2.23. The number of amides is 2. The van der Waals surface area contributed by atoms with E-state index in [1.807, 2.05) is 30.3 Å². The number of carbonyl (C=O) groups excluding carboxylic acids is 2. The van der Waals surface area contributed by atoms with Gasteiger partial charge in [-0.25, -0.2) is 0 Å². The molecule has 1 aliphatic heterocycles. The van der Waals surface area contributed by atoms with Gasteiger partial charge in [-0.3, -0.25) is 9.59 Å². The second kappa shape index (κ2) is 10.2. The van der Waals surface area contributed by atoms with Gasteiger partial charge >= 0.3 is 0 Å². The summed E-state index contributed by atoms with van der Waals surface area (Å²) in [6.45, 7) is 2.54. The van der Waals surface area contributed by atoms with E-state index in [0.717, 1.165) is 12.1 Å². The molecule has 0 aliphatic carbocycles. The van der Waals surface area contributed by atoms with Crippen molar-refractivity contribution in [3.05, 3.63) is 35.9 Å². The average molecular weight is 342 g/mol. The number of ether oxygens (including phenoxy) is 1. The summed E-state index contributed by atoms with van der Waals surface area (Å²) in [6.07, 6.45) is 0.329. The first-order chi connectivity index (χ1) is 10.6. The molecule has 2 N–H and O–H groups in total. The van der Waals surface area contributed by atoms with Gasteiger partial charge in [0.1, 0.15) is 0 Å². The van der Waals surface area contributed by atoms with E-state index in [9.17, 15) is 9.59 Å². The van der Waals surface area contributed by atoms with Crippen LogP contribution < -0.4 is 10.6 Å². The number of nitrogens with zero attached hydrogens (tertiary/aromatic N) is 1. The number of nitrogens with one attached hydrogen (secondary N) is 2. The lowest BCUT2D eigenvalue weighted by molar-refractivity contribution is -0.132. The number of likely N-dealkylation sites (N-methyl/N-ethyl adjacent to an activating group) is 1. The van der Waals surface area contributed by atoms with Crippen LogP contribution in [-0.2, 0) is 20.9 Å². The van der Waals surface area contributed by atoms with E-state index >= 15 is 0 Å². The maximum Gasteiger partial charge on any atom is 0.242 e. The van der Waals surface area contributed by atoms with E-state index in [0.29, 0.717) is 26.2 Å². The molecule has 0 radical (unpaired) electrons. The Bertz CT molecular complexity index is 493. The van der Waals surface area contributed by atoms with Crippen molar-refractivity contribution in [3.63, 3.8) is 0 Å². The highest BCUT2D eigenvalue weighted by molar-refractivity contribution is 5.85. The van der Waals surface area contributed by atoms with Crippen molar-refractivity contribution in [1.82, 2.24) is 15.5 Å². The number of morpholine rings is 1. The predicted molar refractivity (Wildman–Crippen MR) is 90.4 cm³/mol. The van der Waals surface area contributed by atoms with Gasteiger partial charge in [-0.2, -0.15) is 0 Å². The van der Waals surface area contributed by atoms with Crippen LogP contribution in [0.3, 0.4) is 0 Å². The Morgan fingerprint density at radius 1 is 1.35 bits per heavy atom. The zero-order valence-electron chi connectivity index (χ0n) is 13.3. The Morgan fingerprint density at radius 2 is 2.09 bits per heavy atom. The SMILES string of the molecule is CN(Cc1ccccc1)C(=O)CNC(=O)CC1COCCN1.Cl. The van der Waals surface area contributed by atoms with E-state index in [1.54, 1.807) is 11.9 Å². The van der Waals surface area contributed by atoms with Crippen molar-refractivity contribution in [2.45, 2.75) is 19.0 Å². The first-order valence-corrected chi connectivity index (χ1v) is 7.51. The van der Waals surface area contributed by atoms with Gasteiger partial charge in [0, 0.05) is 32.6 Å². The Morgan fingerprint density at radius 3 is 2.74 bits per heavy atom. The van der Waals surface area contributed by atoms with Crippen molar-refractivity contribution in [3.8, 4) is 0 Å². The van der Waals surface area contributed by atoms with Gasteiger partial charge in [0.25, 0.3) is 0 Å². The fraction of sp³-hybridized carbons (Fsp3) is 0.500. The Hall–Kier alpha value is -1.63. The van der Waals surface area contributed by atoms with Crippen LogP contribution in [-0.4, -0.2) is 56.1 Å². The molecule has 0 bridgehead atoms. The van der Waals surface area contributed by atoms with Crippen LogP contribution >= 0.6 is 12.4 Å². The number of benzene rings is 1. The van der Waals surface area contributed by atoms with Gasteiger partial charge in [-0.1, -0.05) is 30.3 Å². The maximum absolute atomic E-state index is 12.0. The predicted octanol–water partition coefficient (Wildman–Crippen LogP) is 0.562. The summed E-state index contributed by atoms with van der Waals surface area (Å²) in [5, 5.41) is 5.88. The molecular formula is C16H24ClN3O3. The number of hydrogen-bond donors (Lipinski definition) is 2. The Kier molecular flexibility index (Phi) is 8.61. The molecule has 0 saturated carbocycles. The molecule has 1 saturated heterocycles. The molecule has 1 heterocycles. The molecule has 1 aromatic carbocycles. The van der Waals surface area contributed by atoms with Crippen molar-refractivity contribution < 1.29 is 14.3 Å². The molecule has 0 aromatic heterocycles. The molecule has 1 aliphatic rings. The quantitative estimate of drug-likeness (QED) is 0.793. The van der Waals surface area contributed by atoms with Crippen LogP contribution in [0, 0.1) is 0 Å². The van der Waals surface area contributed by atoms with E-state index in [2.05, 4.69) is 10.6 Å². The monoisotopic (exact) mass is 341 g/mol. The molecule has 2 amide bonds. The summed E-state index contributed by atoms with van der Waals surface area (Å²) < 4.78 is 5.30. The van der Waals surface area contributed by atoms with Gasteiger partial charge in [0.15, 0.2) is 0 Å². The molecule has 0 spiro atoms. The van der Waals surface area contributed by atoms with E-state index in [4.69, 9.17) is 4.74 Å². The molecule has 6 nitrogen and oxygen atoms in total. The molecule has 1 atom stereocenters. The molecule has 2 rings (SSSR count). The van der Waals surface area contributed by atoms with Crippen LogP contribution in [0.1, 0.15) is 12.0 Å². The zero-order valence-corrected chi connectivity index (χ0v) is 14.1. The largest absolute Gasteiger partial charge is 0.378 e. The summed E-state index contributed by atoms with van der Waals surface area (Å²) >= 11 is 0. The number of hydrogen-bond acceptors (Lipinski definition) is 4. The normalized spacial score (nSPS) is 17.0. The fourth-order valence-corrected chi connectivity index (χ4v) is 2.30. The standard InChI is InChI=1S/C16H23N3O3.ClH/c1-19(11-13-5-3-2-4-6-13)16(21)10-18-15(20)9-14-12-22-8-7-17-14;/h2-6,14,17H,7-12H2,1H3,(H,18,20);1H. The minimum atomic E-state index is -0.135. The highest BCUT2D eigenvalue weighted by atomic mass is 35.5. The lowest BCUT2D eigenvalue weighted by atomic mass is 10.2. The van der Waals surface area contributed by atoms with Crippen LogP contribution in [0.15, 0.2) is 30.3 Å². The molecule has 1 aromatic rings. The first-order valence-electron chi connectivity index (χ1n) is 7.51. The van der Waals surface area contributed by atoms with E-state index in [1.165, 1.54) is 0 Å². The van der Waals surface area contributed by atoms with Gasteiger partial charge in [0.05, 0.1) is 19.8 Å². The van der Waals surface area contributed by atoms with Crippen molar-refractivity contribution >= 4 is 24.2 Å². The second-order valence-electron chi connectivity index (χ2n) is 5.44. The summed E-state index contributed by atoms with van der Waals surface area (Å²) in [7, 11) is 1.73. The Labute approximate surface area is 143 Å². The van der Waals surface area contributed by atoms with Crippen molar-refractivity contribution in [1.29, 1.82) is 0 Å². The van der Waals surface area contributed by atoms with Crippen molar-refractivity contribution in [2.24, 2.45) is 0 Å². The third-order valence-electron chi connectivity index (χ3n) is 3.56. The first kappa shape index (κ1) is 19.4. The molecular weight excluding hydrogens is 318 g/mol. The summed E-state index contributed by atoms with van der Waals surface area (Å²) in [4.78, 5) is 25.4. The van der Waals surface area contributed by atoms with Gasteiger partial charge in [-0.05, 0) is 5.56 Å². The lowest BCUT2D eigenvalue weighted by Crippen LogP contribution is -2.45. The smallest absolute Gasteiger partial charge is 0.242 e. The number of carbonyl (C=O) groups is 2. The average Bonchev–Trinajstić information content (AvgIpc) is 2.54. The second-order valence-corrected chi connectivity index (χ2v) is 5.44. The third-order valence-corrected chi connectivity index (χ3v) is 3.56. The zero-order chi connectivity index (χ0) is 15.8. The third kappa shape index (κ3) is 6.99. The summed E-state index contributed by atoms with van der Waals surface area (Å²) in [5.74, 6) is -0.241. The van der Waals surface area contributed by atoms with Gasteiger partial charge < -0.3 is 20.3 Å². The minimum absolute atomic E-state index is 0. The van der Waals surface area contributed by atoms with Crippen molar-refractivity contribution in [2.75, 3.05) is 33.4 Å². The topological polar surface area (TPSA) is 70.7 Å². The number of rotatable bonds is 6. The molecule has 23 heavy (non-hydrogen) atoms. The van der Waals surface area contributed by atoms with Crippen LogP contribution in [0.25, 0.3) is 0 Å². The van der Waals surface area contributed by atoms with Gasteiger partial charge in [0.2, 0.25) is 11.8 Å². The molecule has 1 unspecified atom stereocenters. The van der Waals surface area contributed by atoms with Crippen LogP contribution in [0.2, 0.25) is 0 Å². The fourth-order valence-electron chi connectivity index (χ4n) is 2.30. The maximum atomic E-state index is 12.0. The highest BCUT2D eigenvalue weighted by Crippen LogP contribution is 2.02. The molecule has 7 heteroatoms. The van der Waals surface area contributed by atoms with Crippen LogP contribution in [0.5, 0.6) is 0 Å². The van der Waals surface area contributed by atoms with E-state index in [-0.39, 0.29) is 36.8 Å². The van der Waals surface area contributed by atoms with E-state index < -0.39 is 0 Å². The summed E-state index contributed by atoms with van der Waals surface area (Å²) in [5.41, 5.74) is 1.06.